The smallest absolute Gasteiger partial charge is 0.227 e. The molecule has 2 N–H and O–H groups in total. The lowest BCUT2D eigenvalue weighted by Crippen LogP contribution is -2.38. The molecule has 5 rings (SSSR count). The minimum Gasteiger partial charge on any atom is -0.506 e. The number of piperidine rings is 1. The molecule has 0 radical (unpaired) electrons. The zero-order chi connectivity index (χ0) is 20.7. The minimum atomic E-state index is -0.0898. The number of nitrogens with zero attached hydrogens (tertiary/aromatic N) is 4. The highest BCUT2D eigenvalue weighted by Gasteiger charge is 2.27. The number of phenols is 1. The summed E-state index contributed by atoms with van der Waals surface area (Å²) in [6.07, 6.45) is 1.47. The summed E-state index contributed by atoms with van der Waals surface area (Å²) in [5.74, 6) is 0.893. The van der Waals surface area contributed by atoms with Crippen LogP contribution in [0, 0.1) is 12.8 Å². The van der Waals surface area contributed by atoms with Gasteiger partial charge in [0.25, 0.3) is 0 Å². The van der Waals surface area contributed by atoms with Crippen LogP contribution in [-0.4, -0.2) is 38.7 Å². The van der Waals surface area contributed by atoms with Gasteiger partial charge in [0.15, 0.2) is 5.65 Å². The second kappa shape index (κ2) is 7.33. The summed E-state index contributed by atoms with van der Waals surface area (Å²) < 4.78 is 1.89. The van der Waals surface area contributed by atoms with Crippen LogP contribution in [0.2, 0.25) is 0 Å². The molecule has 1 aliphatic rings. The molecule has 0 unspecified atom stereocenters. The molecule has 0 atom stereocenters. The number of carbonyl (C=O) groups is 1. The number of rotatable bonds is 3. The molecule has 152 valence electrons. The van der Waals surface area contributed by atoms with Crippen LogP contribution in [0.25, 0.3) is 16.6 Å². The molecule has 0 saturated carbocycles. The number of aromatic nitrogens is 3. The third-order valence-corrected chi connectivity index (χ3v) is 5.73. The summed E-state index contributed by atoms with van der Waals surface area (Å²) in [6, 6.07) is 17.0. The number of hydrogen-bond donors (Lipinski definition) is 2. The van der Waals surface area contributed by atoms with Gasteiger partial charge in [-0.3, -0.25) is 4.79 Å². The zero-order valence-electron chi connectivity index (χ0n) is 16.7. The van der Waals surface area contributed by atoms with E-state index >= 15 is 0 Å². The first-order chi connectivity index (χ1) is 14.6. The lowest BCUT2D eigenvalue weighted by molar-refractivity contribution is -0.120. The predicted molar refractivity (Wildman–Crippen MR) is 117 cm³/mol. The molecule has 2 aromatic carbocycles. The fraction of sp³-hybridized carbons (Fsp3) is 0.261. The molecule has 7 heteroatoms. The van der Waals surface area contributed by atoms with E-state index in [1.807, 2.05) is 29.6 Å². The van der Waals surface area contributed by atoms with Gasteiger partial charge in [-0.15, -0.1) is 0 Å². The molecule has 30 heavy (non-hydrogen) atoms. The zero-order valence-corrected chi connectivity index (χ0v) is 16.7. The Bertz CT molecular complexity index is 1240. The highest BCUT2D eigenvalue weighted by molar-refractivity contribution is 5.94. The van der Waals surface area contributed by atoms with Crippen molar-refractivity contribution in [2.24, 2.45) is 5.92 Å². The Morgan fingerprint density at radius 3 is 2.63 bits per heavy atom. The lowest BCUT2D eigenvalue weighted by atomic mass is 9.95. The molecular formula is C23H23N5O2. The third-order valence-electron chi connectivity index (χ3n) is 5.73. The van der Waals surface area contributed by atoms with E-state index in [0.717, 1.165) is 54.0 Å². The van der Waals surface area contributed by atoms with Crippen LogP contribution >= 0.6 is 0 Å². The van der Waals surface area contributed by atoms with Crippen LogP contribution in [0.4, 0.5) is 11.5 Å². The number of fused-ring (bicyclic) bond motifs is 3. The minimum absolute atomic E-state index is 0.0455. The van der Waals surface area contributed by atoms with Crippen molar-refractivity contribution < 1.29 is 9.90 Å². The molecule has 2 aromatic heterocycles. The number of anilines is 2. The summed E-state index contributed by atoms with van der Waals surface area (Å²) in [7, 11) is 0. The van der Waals surface area contributed by atoms with Gasteiger partial charge in [-0.1, -0.05) is 24.3 Å². The van der Waals surface area contributed by atoms with Gasteiger partial charge >= 0.3 is 0 Å². The molecule has 1 saturated heterocycles. The number of para-hydroxylation sites is 3. The molecule has 3 heterocycles. The molecule has 1 fully saturated rings. The Balaban J connectivity index is 1.37. The first kappa shape index (κ1) is 18.4. The van der Waals surface area contributed by atoms with Crippen molar-refractivity contribution in [3.05, 3.63) is 60.3 Å². The van der Waals surface area contributed by atoms with Gasteiger partial charge in [0, 0.05) is 30.5 Å². The van der Waals surface area contributed by atoms with Crippen molar-refractivity contribution in [3.8, 4) is 5.75 Å². The monoisotopic (exact) mass is 401 g/mol. The third kappa shape index (κ3) is 3.22. The normalized spacial score (nSPS) is 15.0. The van der Waals surface area contributed by atoms with E-state index in [0.29, 0.717) is 5.69 Å². The molecular weight excluding hydrogens is 378 g/mol. The average molecular weight is 401 g/mol. The number of amides is 1. The van der Waals surface area contributed by atoms with Crippen LogP contribution in [0.3, 0.4) is 0 Å². The number of nitrogens with one attached hydrogen (secondary N) is 1. The van der Waals surface area contributed by atoms with Crippen molar-refractivity contribution in [3.63, 3.8) is 0 Å². The van der Waals surface area contributed by atoms with Crippen LogP contribution in [0.15, 0.2) is 54.6 Å². The summed E-state index contributed by atoms with van der Waals surface area (Å²) in [5.41, 5.74) is 3.26. The van der Waals surface area contributed by atoms with Gasteiger partial charge in [0.2, 0.25) is 5.91 Å². The van der Waals surface area contributed by atoms with Crippen LogP contribution in [-0.2, 0) is 4.79 Å². The van der Waals surface area contributed by atoms with Gasteiger partial charge in [-0.05, 0) is 44.0 Å². The highest BCUT2D eigenvalue weighted by atomic mass is 16.3. The standard InChI is InChI=1S/C23H23N5O2/c1-15-14-21-25-22(17-6-2-4-8-19(17)28(21)26-15)27-12-10-16(11-13-27)23(30)24-18-7-3-5-9-20(18)29/h2-9,14,16,29H,10-13H2,1H3,(H,24,30). The Morgan fingerprint density at radius 2 is 1.83 bits per heavy atom. The van der Waals surface area contributed by atoms with Gasteiger partial charge in [0.1, 0.15) is 11.6 Å². The second-order valence-electron chi connectivity index (χ2n) is 7.78. The number of aryl methyl sites for hydroxylation is 1. The summed E-state index contributed by atoms with van der Waals surface area (Å²) in [5, 5.41) is 18.4. The van der Waals surface area contributed by atoms with E-state index in [1.165, 1.54) is 0 Å². The fourth-order valence-corrected chi connectivity index (χ4v) is 4.17. The van der Waals surface area contributed by atoms with E-state index in [4.69, 9.17) is 4.98 Å². The van der Waals surface area contributed by atoms with Crippen molar-refractivity contribution in [2.75, 3.05) is 23.3 Å². The average Bonchev–Trinajstić information content (AvgIpc) is 3.15. The maximum atomic E-state index is 12.7. The summed E-state index contributed by atoms with van der Waals surface area (Å²) in [4.78, 5) is 19.8. The SMILES string of the molecule is Cc1cc2nc(N3CCC(C(=O)Nc4ccccc4O)CC3)c3ccccc3n2n1. The van der Waals surface area contributed by atoms with Crippen LogP contribution in [0.1, 0.15) is 18.5 Å². The Kier molecular flexibility index (Phi) is 4.50. The number of benzene rings is 2. The van der Waals surface area contributed by atoms with Crippen LogP contribution < -0.4 is 10.2 Å². The van der Waals surface area contributed by atoms with Crippen molar-refractivity contribution in [1.29, 1.82) is 0 Å². The quantitative estimate of drug-likeness (QED) is 0.511. The second-order valence-corrected chi connectivity index (χ2v) is 7.78. The summed E-state index contributed by atoms with van der Waals surface area (Å²) in [6.45, 7) is 3.47. The first-order valence-corrected chi connectivity index (χ1v) is 10.2. The fourth-order valence-electron chi connectivity index (χ4n) is 4.17. The molecule has 7 nitrogen and oxygen atoms in total. The number of hydrogen-bond acceptors (Lipinski definition) is 5. The Hall–Kier alpha value is -3.61. The molecule has 1 aliphatic heterocycles. The number of aromatic hydroxyl groups is 1. The number of phenolic OH excluding ortho intramolecular Hbond substituents is 1. The highest BCUT2D eigenvalue weighted by Crippen LogP contribution is 2.31. The van der Waals surface area contributed by atoms with Crippen molar-refractivity contribution in [2.45, 2.75) is 19.8 Å². The lowest BCUT2D eigenvalue weighted by Gasteiger charge is -2.33. The van der Waals surface area contributed by atoms with Gasteiger partial charge < -0.3 is 15.3 Å². The van der Waals surface area contributed by atoms with Gasteiger partial charge in [0.05, 0.1) is 16.9 Å². The molecule has 4 aromatic rings. The number of carbonyl (C=O) groups excluding carboxylic acids is 1. The maximum Gasteiger partial charge on any atom is 0.227 e. The van der Waals surface area contributed by atoms with E-state index in [2.05, 4.69) is 27.4 Å². The van der Waals surface area contributed by atoms with E-state index in [9.17, 15) is 9.90 Å². The topological polar surface area (TPSA) is 82.8 Å². The summed E-state index contributed by atoms with van der Waals surface area (Å²) >= 11 is 0. The van der Waals surface area contributed by atoms with Crippen LogP contribution in [0.5, 0.6) is 5.75 Å². The molecule has 0 bridgehead atoms. The molecule has 0 aliphatic carbocycles. The van der Waals surface area contributed by atoms with E-state index in [-0.39, 0.29) is 17.6 Å². The van der Waals surface area contributed by atoms with Gasteiger partial charge in [-0.2, -0.15) is 5.10 Å². The maximum absolute atomic E-state index is 12.7. The Labute approximate surface area is 174 Å². The largest absolute Gasteiger partial charge is 0.506 e. The first-order valence-electron chi connectivity index (χ1n) is 10.2. The van der Waals surface area contributed by atoms with Crippen molar-refractivity contribution >= 4 is 34.0 Å². The Morgan fingerprint density at radius 1 is 1.10 bits per heavy atom. The predicted octanol–water partition coefficient (Wildman–Crippen LogP) is 3.75. The van der Waals surface area contributed by atoms with E-state index < -0.39 is 0 Å². The van der Waals surface area contributed by atoms with Gasteiger partial charge in [-0.25, -0.2) is 9.50 Å². The van der Waals surface area contributed by atoms with E-state index in [1.54, 1.807) is 24.3 Å². The molecule has 0 spiro atoms. The molecule has 1 amide bonds. The van der Waals surface area contributed by atoms with Crippen molar-refractivity contribution in [1.82, 2.24) is 14.6 Å².